The number of benzene rings is 9. The molecular formula is C57H35N5O. The van der Waals surface area contributed by atoms with Crippen molar-refractivity contribution in [3.8, 4) is 56.7 Å². The first-order valence-corrected chi connectivity index (χ1v) is 21.2. The first kappa shape index (κ1) is 35.2. The van der Waals surface area contributed by atoms with Crippen molar-refractivity contribution < 1.29 is 4.42 Å². The van der Waals surface area contributed by atoms with Crippen molar-refractivity contribution in [1.82, 2.24) is 24.1 Å². The van der Waals surface area contributed by atoms with E-state index in [1.54, 1.807) is 0 Å². The molecule has 0 atom stereocenters. The third-order valence-corrected chi connectivity index (χ3v) is 12.4. The standard InChI is InChI=1S/C57H35N5O/c1-3-16-36(17-4-1)38-30-32-42-40-20-7-11-26-48(40)61(51(42)34-38)39-31-33-43-41-21-8-12-27-49(41)62(52(43)35-39)50-28-13-9-23-46(50)56-58-55(37-18-5-2-6-19-37)59-57(60-56)47-25-15-24-45-44-22-10-14-29-53(44)63-54(45)47/h1-35H. The topological polar surface area (TPSA) is 61.7 Å². The molecule has 4 heterocycles. The highest BCUT2D eigenvalue weighted by atomic mass is 16.3. The van der Waals surface area contributed by atoms with Gasteiger partial charge in [-0.3, -0.25) is 0 Å². The van der Waals surface area contributed by atoms with Gasteiger partial charge < -0.3 is 13.6 Å². The Morgan fingerprint density at radius 3 is 1.63 bits per heavy atom. The fourth-order valence-corrected chi connectivity index (χ4v) is 9.53. The summed E-state index contributed by atoms with van der Waals surface area (Å²) in [6.07, 6.45) is 0. The van der Waals surface area contributed by atoms with Crippen LogP contribution in [-0.2, 0) is 0 Å². The Kier molecular flexibility index (Phi) is 7.80. The van der Waals surface area contributed by atoms with Crippen LogP contribution in [0.15, 0.2) is 217 Å². The molecule has 0 N–H and O–H groups in total. The van der Waals surface area contributed by atoms with Crippen LogP contribution in [0.25, 0.3) is 122 Å². The summed E-state index contributed by atoms with van der Waals surface area (Å²) in [5.41, 5.74) is 13.1. The van der Waals surface area contributed by atoms with Gasteiger partial charge in [0, 0.05) is 49.1 Å². The number of hydrogen-bond acceptors (Lipinski definition) is 4. The van der Waals surface area contributed by atoms with Crippen LogP contribution in [0, 0.1) is 0 Å². The fraction of sp³-hybridized carbons (Fsp3) is 0. The lowest BCUT2D eigenvalue weighted by Crippen LogP contribution is -2.04. The number of nitrogens with zero attached hydrogens (tertiary/aromatic N) is 5. The van der Waals surface area contributed by atoms with Crippen molar-refractivity contribution in [3.63, 3.8) is 0 Å². The highest BCUT2D eigenvalue weighted by molar-refractivity contribution is 6.13. The number of para-hydroxylation sites is 5. The van der Waals surface area contributed by atoms with Crippen LogP contribution in [0.4, 0.5) is 0 Å². The molecule has 0 bridgehead atoms. The van der Waals surface area contributed by atoms with Crippen molar-refractivity contribution >= 4 is 65.6 Å². The lowest BCUT2D eigenvalue weighted by atomic mass is 10.0. The Morgan fingerprint density at radius 2 is 0.857 bits per heavy atom. The molecule has 0 radical (unpaired) electrons. The number of fused-ring (bicyclic) bond motifs is 9. The van der Waals surface area contributed by atoms with Gasteiger partial charge in [-0.05, 0) is 65.7 Å². The predicted molar refractivity (Wildman–Crippen MR) is 258 cm³/mol. The normalized spacial score (nSPS) is 11.8. The predicted octanol–water partition coefficient (Wildman–Crippen LogP) is 14.6. The zero-order valence-electron chi connectivity index (χ0n) is 33.9. The molecule has 13 rings (SSSR count). The van der Waals surface area contributed by atoms with E-state index < -0.39 is 0 Å². The summed E-state index contributed by atoms with van der Waals surface area (Å²) in [7, 11) is 0. The van der Waals surface area contributed by atoms with Crippen LogP contribution in [0.3, 0.4) is 0 Å². The maximum absolute atomic E-state index is 6.53. The van der Waals surface area contributed by atoms with Crippen molar-refractivity contribution in [2.75, 3.05) is 0 Å². The summed E-state index contributed by atoms with van der Waals surface area (Å²) >= 11 is 0. The summed E-state index contributed by atoms with van der Waals surface area (Å²) < 4.78 is 11.3. The minimum absolute atomic E-state index is 0.545. The van der Waals surface area contributed by atoms with Crippen molar-refractivity contribution in [1.29, 1.82) is 0 Å². The van der Waals surface area contributed by atoms with E-state index in [9.17, 15) is 0 Å². The molecule has 0 amide bonds. The molecule has 4 aromatic heterocycles. The second kappa shape index (κ2) is 14.0. The Bertz CT molecular complexity index is 3920. The van der Waals surface area contributed by atoms with Gasteiger partial charge in [0.25, 0.3) is 0 Å². The summed E-state index contributed by atoms with van der Waals surface area (Å²) in [5, 5.41) is 6.84. The van der Waals surface area contributed by atoms with Gasteiger partial charge in [0.05, 0.1) is 33.3 Å². The van der Waals surface area contributed by atoms with Crippen LogP contribution in [0.5, 0.6) is 0 Å². The monoisotopic (exact) mass is 805 g/mol. The Morgan fingerprint density at radius 1 is 0.317 bits per heavy atom. The van der Waals surface area contributed by atoms with Crippen molar-refractivity contribution in [3.05, 3.63) is 212 Å². The Hall–Kier alpha value is -8.61. The van der Waals surface area contributed by atoms with Gasteiger partial charge in [0.2, 0.25) is 0 Å². The average molecular weight is 806 g/mol. The minimum atomic E-state index is 0.545. The molecule has 6 heteroatoms. The summed E-state index contributed by atoms with van der Waals surface area (Å²) in [5.74, 6) is 1.70. The molecule has 0 aliphatic heterocycles. The van der Waals surface area contributed by atoms with E-state index in [0.29, 0.717) is 17.5 Å². The first-order chi connectivity index (χ1) is 31.2. The lowest BCUT2D eigenvalue weighted by molar-refractivity contribution is 0.669. The highest BCUT2D eigenvalue weighted by Crippen LogP contribution is 2.41. The molecule has 0 spiro atoms. The zero-order chi connectivity index (χ0) is 41.4. The molecule has 0 fully saturated rings. The molecule has 0 saturated heterocycles. The maximum atomic E-state index is 6.53. The molecule has 9 aromatic carbocycles. The summed E-state index contributed by atoms with van der Waals surface area (Å²) in [4.78, 5) is 15.7. The molecule has 13 aromatic rings. The van der Waals surface area contributed by atoms with Gasteiger partial charge in [-0.1, -0.05) is 158 Å². The van der Waals surface area contributed by atoms with Crippen LogP contribution >= 0.6 is 0 Å². The van der Waals surface area contributed by atoms with E-state index in [-0.39, 0.29) is 0 Å². The average Bonchev–Trinajstić information content (AvgIpc) is 4.01. The number of rotatable bonds is 6. The Balaban J connectivity index is 1.05. The van der Waals surface area contributed by atoms with E-state index in [2.05, 4.69) is 167 Å². The van der Waals surface area contributed by atoms with Gasteiger partial charge in [0.15, 0.2) is 17.5 Å². The van der Waals surface area contributed by atoms with E-state index in [0.717, 1.165) is 77.5 Å². The van der Waals surface area contributed by atoms with Gasteiger partial charge in [-0.15, -0.1) is 0 Å². The smallest absolute Gasteiger partial charge is 0.167 e. The largest absolute Gasteiger partial charge is 0.455 e. The summed E-state index contributed by atoms with van der Waals surface area (Å²) in [6.45, 7) is 0. The SMILES string of the molecule is c1ccc(-c2ccc3c4ccccc4n(-c4ccc5c6ccccc6n(-c6ccccc6-c6nc(-c7ccccc7)nc(-c7cccc8c7oc7ccccc78)n6)c5c4)c3c2)cc1. The first-order valence-electron chi connectivity index (χ1n) is 21.2. The lowest BCUT2D eigenvalue weighted by Gasteiger charge is -2.15. The molecule has 0 saturated carbocycles. The third kappa shape index (κ3) is 5.55. The second-order valence-electron chi connectivity index (χ2n) is 16.0. The molecule has 63 heavy (non-hydrogen) atoms. The quantitative estimate of drug-likeness (QED) is 0.168. The van der Waals surface area contributed by atoms with Gasteiger partial charge in [-0.2, -0.15) is 0 Å². The fourth-order valence-electron chi connectivity index (χ4n) is 9.53. The van der Waals surface area contributed by atoms with Crippen LogP contribution in [-0.4, -0.2) is 24.1 Å². The van der Waals surface area contributed by atoms with Crippen LogP contribution in [0.1, 0.15) is 0 Å². The highest BCUT2D eigenvalue weighted by Gasteiger charge is 2.22. The van der Waals surface area contributed by atoms with Crippen LogP contribution in [0.2, 0.25) is 0 Å². The van der Waals surface area contributed by atoms with E-state index >= 15 is 0 Å². The van der Waals surface area contributed by atoms with Crippen LogP contribution < -0.4 is 0 Å². The van der Waals surface area contributed by atoms with Gasteiger partial charge in [0.1, 0.15) is 11.2 Å². The molecule has 6 nitrogen and oxygen atoms in total. The molecule has 294 valence electrons. The molecular weight excluding hydrogens is 771 g/mol. The maximum Gasteiger partial charge on any atom is 0.167 e. The number of aromatic nitrogens is 5. The number of furan rings is 1. The molecule has 0 aliphatic carbocycles. The van der Waals surface area contributed by atoms with Gasteiger partial charge in [-0.25, -0.2) is 15.0 Å². The molecule has 0 unspecified atom stereocenters. The number of hydrogen-bond donors (Lipinski definition) is 0. The van der Waals surface area contributed by atoms with Gasteiger partial charge >= 0.3 is 0 Å². The van der Waals surface area contributed by atoms with E-state index in [1.807, 2.05) is 54.6 Å². The van der Waals surface area contributed by atoms with E-state index in [4.69, 9.17) is 19.4 Å². The van der Waals surface area contributed by atoms with Crippen molar-refractivity contribution in [2.45, 2.75) is 0 Å². The summed E-state index contributed by atoms with van der Waals surface area (Å²) in [6, 6.07) is 74.6. The van der Waals surface area contributed by atoms with Crippen molar-refractivity contribution in [2.24, 2.45) is 0 Å². The zero-order valence-corrected chi connectivity index (χ0v) is 33.9. The Labute approximate surface area is 361 Å². The minimum Gasteiger partial charge on any atom is -0.455 e. The van der Waals surface area contributed by atoms with E-state index in [1.165, 1.54) is 27.3 Å². The molecule has 0 aliphatic rings. The second-order valence-corrected chi connectivity index (χ2v) is 16.0. The third-order valence-electron chi connectivity index (χ3n) is 12.4.